The van der Waals surface area contributed by atoms with E-state index in [9.17, 15) is 5.11 Å². The summed E-state index contributed by atoms with van der Waals surface area (Å²) in [7, 11) is 0. The first-order chi connectivity index (χ1) is 16.6. The lowest BCUT2D eigenvalue weighted by molar-refractivity contribution is -0.00648. The van der Waals surface area contributed by atoms with Gasteiger partial charge in [0.05, 0.1) is 25.0 Å². The molecule has 34 heavy (non-hydrogen) atoms. The van der Waals surface area contributed by atoms with Gasteiger partial charge in [-0.1, -0.05) is 89.0 Å². The lowest BCUT2D eigenvalue weighted by Crippen LogP contribution is -2.39. The first-order valence-corrected chi connectivity index (χ1v) is 12.1. The minimum atomic E-state index is -0.645. The number of hydrogen-bond acceptors (Lipinski definition) is 5. The zero-order valence-corrected chi connectivity index (χ0v) is 20.3. The Kier molecular flexibility index (Phi) is 8.97. The first kappa shape index (κ1) is 24.7. The minimum absolute atomic E-state index is 0.136. The maximum atomic E-state index is 10.7. The number of nitrogens with zero attached hydrogens (tertiary/aromatic N) is 2. The Hall–Kier alpha value is -2.41. The molecule has 4 rings (SSSR count). The summed E-state index contributed by atoms with van der Waals surface area (Å²) in [6.07, 6.45) is -0.132. The molecular weight excluding hydrogens is 471 g/mol. The van der Waals surface area contributed by atoms with Crippen molar-refractivity contribution >= 4 is 28.9 Å². The predicted octanol–water partition coefficient (Wildman–Crippen LogP) is 5.57. The lowest BCUT2D eigenvalue weighted by Gasteiger charge is -2.27. The molecule has 0 bridgehead atoms. The Labute approximate surface area is 210 Å². The molecule has 0 unspecified atom stereocenters. The molecule has 0 aromatic heterocycles. The van der Waals surface area contributed by atoms with Crippen LogP contribution in [0.3, 0.4) is 0 Å². The fourth-order valence-corrected chi connectivity index (χ4v) is 4.46. The van der Waals surface area contributed by atoms with Gasteiger partial charge in [0.15, 0.2) is 0 Å². The van der Waals surface area contributed by atoms with Crippen molar-refractivity contribution in [2.45, 2.75) is 31.8 Å². The molecule has 5 nitrogen and oxygen atoms in total. The lowest BCUT2D eigenvalue weighted by atomic mass is 10.0. The third-order valence-electron chi connectivity index (χ3n) is 5.57. The Balaban J connectivity index is 1.35. The summed E-state index contributed by atoms with van der Waals surface area (Å²) in [5.41, 5.74) is 3.87. The van der Waals surface area contributed by atoms with Gasteiger partial charge in [0.1, 0.15) is 6.10 Å². The number of hydrogen-bond donors (Lipinski definition) is 1. The van der Waals surface area contributed by atoms with Gasteiger partial charge in [-0.05, 0) is 29.3 Å². The van der Waals surface area contributed by atoms with E-state index in [1.165, 1.54) is 0 Å². The van der Waals surface area contributed by atoms with Gasteiger partial charge in [-0.15, -0.1) is 0 Å². The zero-order valence-electron chi connectivity index (χ0n) is 18.8. The Morgan fingerprint density at radius 3 is 2.56 bits per heavy atom. The molecular formula is C27H28Cl2N2O3. The van der Waals surface area contributed by atoms with Gasteiger partial charge in [-0.3, -0.25) is 4.90 Å². The predicted molar refractivity (Wildman–Crippen MR) is 136 cm³/mol. The smallest absolute Gasteiger partial charge is 0.145 e. The summed E-state index contributed by atoms with van der Waals surface area (Å²) in [6, 6.07) is 25.3. The molecule has 0 saturated carbocycles. The normalized spacial score (nSPS) is 16.4. The highest BCUT2D eigenvalue weighted by atomic mass is 35.5. The van der Waals surface area contributed by atoms with Crippen LogP contribution in [0.5, 0.6) is 0 Å². The standard InChI is InChI=1S/C27H28Cl2N2O3/c28-22-10-6-9-21(13-22)15-31(16-23(32)19-33-18-20-7-2-1-3-8-20)17-24-14-27(30-34-24)25-11-4-5-12-26(25)29/h1-13,23-24,32H,14-19H2/t23-,24+/m1/s1. The Morgan fingerprint density at radius 1 is 1.00 bits per heavy atom. The van der Waals surface area contributed by atoms with Crippen molar-refractivity contribution < 1.29 is 14.7 Å². The van der Waals surface area contributed by atoms with E-state index < -0.39 is 6.10 Å². The number of aliphatic hydroxyl groups is 1. The van der Waals surface area contributed by atoms with Crippen molar-refractivity contribution in [1.29, 1.82) is 0 Å². The zero-order chi connectivity index (χ0) is 23.8. The molecule has 0 amide bonds. The number of ether oxygens (including phenoxy) is 1. The largest absolute Gasteiger partial charge is 0.390 e. The number of halogens is 2. The van der Waals surface area contributed by atoms with E-state index in [0.29, 0.717) is 42.7 Å². The number of rotatable bonds is 11. The van der Waals surface area contributed by atoms with Crippen LogP contribution in [-0.4, -0.2) is 47.6 Å². The summed E-state index contributed by atoms with van der Waals surface area (Å²) in [5, 5.41) is 16.3. The second-order valence-electron chi connectivity index (χ2n) is 8.43. The van der Waals surface area contributed by atoms with E-state index in [1.807, 2.05) is 78.9 Å². The summed E-state index contributed by atoms with van der Waals surface area (Å²) in [5.74, 6) is 0. The van der Waals surface area contributed by atoms with E-state index in [2.05, 4.69) is 10.1 Å². The topological polar surface area (TPSA) is 54.3 Å². The quantitative estimate of drug-likeness (QED) is 0.375. The van der Waals surface area contributed by atoms with Crippen LogP contribution in [0, 0.1) is 0 Å². The minimum Gasteiger partial charge on any atom is -0.390 e. The van der Waals surface area contributed by atoms with E-state index in [-0.39, 0.29) is 12.7 Å². The second kappa shape index (κ2) is 12.3. The van der Waals surface area contributed by atoms with Crippen molar-refractivity contribution in [2.24, 2.45) is 5.16 Å². The van der Waals surface area contributed by atoms with Gasteiger partial charge in [-0.25, -0.2) is 0 Å². The van der Waals surface area contributed by atoms with Crippen LogP contribution in [0.4, 0.5) is 0 Å². The molecule has 2 atom stereocenters. The maximum absolute atomic E-state index is 10.7. The van der Waals surface area contributed by atoms with E-state index >= 15 is 0 Å². The van der Waals surface area contributed by atoms with Gasteiger partial charge in [-0.2, -0.15) is 0 Å². The summed E-state index contributed by atoms with van der Waals surface area (Å²) >= 11 is 12.5. The van der Waals surface area contributed by atoms with Crippen LogP contribution in [0.15, 0.2) is 84.0 Å². The van der Waals surface area contributed by atoms with Crippen LogP contribution < -0.4 is 0 Å². The molecule has 3 aromatic carbocycles. The van der Waals surface area contributed by atoms with Crippen LogP contribution in [0.1, 0.15) is 23.1 Å². The van der Waals surface area contributed by atoms with E-state index in [4.69, 9.17) is 32.8 Å². The SMILES string of the molecule is O[C@@H](COCc1ccccc1)CN(Cc1cccc(Cl)c1)C[C@@H]1CC(c2ccccc2Cl)=NO1. The van der Waals surface area contributed by atoms with E-state index in [1.54, 1.807) is 0 Å². The third kappa shape index (κ3) is 7.29. The molecule has 0 saturated heterocycles. The molecule has 0 aliphatic carbocycles. The van der Waals surface area contributed by atoms with Gasteiger partial charge in [0.2, 0.25) is 0 Å². The van der Waals surface area contributed by atoms with Crippen molar-refractivity contribution in [1.82, 2.24) is 4.90 Å². The molecule has 0 fully saturated rings. The molecule has 1 N–H and O–H groups in total. The first-order valence-electron chi connectivity index (χ1n) is 11.3. The van der Waals surface area contributed by atoms with Crippen molar-refractivity contribution in [2.75, 3.05) is 19.7 Å². The van der Waals surface area contributed by atoms with Crippen LogP contribution in [0.2, 0.25) is 10.0 Å². The average Bonchev–Trinajstić information content (AvgIpc) is 3.28. The summed E-state index contributed by atoms with van der Waals surface area (Å²) < 4.78 is 5.74. The number of oxime groups is 1. The molecule has 1 aliphatic rings. The molecule has 3 aromatic rings. The third-order valence-corrected chi connectivity index (χ3v) is 6.13. The molecule has 1 heterocycles. The summed E-state index contributed by atoms with van der Waals surface area (Å²) in [6.45, 7) is 2.36. The summed E-state index contributed by atoms with van der Waals surface area (Å²) in [4.78, 5) is 7.89. The fourth-order valence-electron chi connectivity index (χ4n) is 4.00. The van der Waals surface area contributed by atoms with Crippen molar-refractivity contribution in [3.05, 3.63) is 106 Å². The monoisotopic (exact) mass is 498 g/mol. The molecule has 7 heteroatoms. The number of benzene rings is 3. The highest BCUT2D eigenvalue weighted by Gasteiger charge is 2.26. The Bertz CT molecular complexity index is 1090. The van der Waals surface area contributed by atoms with Crippen LogP contribution in [0.25, 0.3) is 0 Å². The fraction of sp³-hybridized carbons (Fsp3) is 0.296. The molecule has 0 radical (unpaired) electrons. The van der Waals surface area contributed by atoms with Crippen molar-refractivity contribution in [3.63, 3.8) is 0 Å². The second-order valence-corrected chi connectivity index (χ2v) is 9.27. The molecule has 178 valence electrons. The Morgan fingerprint density at radius 2 is 1.76 bits per heavy atom. The maximum Gasteiger partial charge on any atom is 0.145 e. The van der Waals surface area contributed by atoms with E-state index in [0.717, 1.165) is 22.4 Å². The van der Waals surface area contributed by atoms with Gasteiger partial charge < -0.3 is 14.7 Å². The average molecular weight is 499 g/mol. The van der Waals surface area contributed by atoms with Gasteiger partial charge in [0, 0.05) is 41.7 Å². The van der Waals surface area contributed by atoms with Gasteiger partial charge >= 0.3 is 0 Å². The number of aliphatic hydroxyl groups excluding tert-OH is 1. The molecule has 0 spiro atoms. The highest BCUT2D eigenvalue weighted by molar-refractivity contribution is 6.34. The van der Waals surface area contributed by atoms with Crippen LogP contribution in [-0.2, 0) is 22.7 Å². The highest BCUT2D eigenvalue weighted by Crippen LogP contribution is 2.24. The molecule has 1 aliphatic heterocycles. The van der Waals surface area contributed by atoms with Gasteiger partial charge in [0.25, 0.3) is 0 Å². The van der Waals surface area contributed by atoms with Crippen molar-refractivity contribution in [3.8, 4) is 0 Å². The van der Waals surface area contributed by atoms with Crippen LogP contribution >= 0.6 is 23.2 Å².